The number of halogens is 3. The molecule has 0 aromatic heterocycles. The lowest BCUT2D eigenvalue weighted by Crippen LogP contribution is -2.18. The number of hydrogen-bond donors (Lipinski definition) is 0. The van der Waals surface area contributed by atoms with Gasteiger partial charge in [-0.2, -0.15) is 0 Å². The molecule has 1 heterocycles. The predicted molar refractivity (Wildman–Crippen MR) is 59.6 cm³/mol. The van der Waals surface area contributed by atoms with E-state index in [4.69, 9.17) is 16.3 Å². The molecule has 0 saturated heterocycles. The SMILES string of the molecule is CC1(C)COc2ccc(C(Cl)C(F)F)cc21. The van der Waals surface area contributed by atoms with Gasteiger partial charge in [-0.1, -0.05) is 19.9 Å². The minimum atomic E-state index is -2.55. The van der Waals surface area contributed by atoms with Gasteiger partial charge in [0.15, 0.2) is 0 Å². The number of ether oxygens (including phenoxy) is 1. The van der Waals surface area contributed by atoms with Crippen molar-refractivity contribution >= 4 is 11.6 Å². The van der Waals surface area contributed by atoms with Crippen LogP contribution in [0.5, 0.6) is 5.75 Å². The van der Waals surface area contributed by atoms with Crippen LogP contribution in [0.25, 0.3) is 0 Å². The lowest BCUT2D eigenvalue weighted by atomic mass is 9.86. The van der Waals surface area contributed by atoms with Crippen LogP contribution in [0, 0.1) is 0 Å². The summed E-state index contributed by atoms with van der Waals surface area (Å²) in [4.78, 5) is 0. The zero-order chi connectivity index (χ0) is 11.9. The highest BCUT2D eigenvalue weighted by atomic mass is 35.5. The highest BCUT2D eigenvalue weighted by Crippen LogP contribution is 2.41. The van der Waals surface area contributed by atoms with Gasteiger partial charge in [-0.15, -0.1) is 11.6 Å². The Balaban J connectivity index is 2.39. The summed E-state index contributed by atoms with van der Waals surface area (Å²) in [6, 6.07) is 5.05. The first kappa shape index (κ1) is 11.6. The Morgan fingerprint density at radius 2 is 2.06 bits per heavy atom. The van der Waals surface area contributed by atoms with Gasteiger partial charge in [0, 0.05) is 11.0 Å². The van der Waals surface area contributed by atoms with Crippen LogP contribution < -0.4 is 4.74 Å². The third-order valence-electron chi connectivity index (χ3n) is 2.86. The van der Waals surface area contributed by atoms with Crippen molar-refractivity contribution in [2.75, 3.05) is 6.61 Å². The number of fused-ring (bicyclic) bond motifs is 1. The van der Waals surface area contributed by atoms with Crippen molar-refractivity contribution in [3.8, 4) is 5.75 Å². The number of alkyl halides is 3. The molecule has 0 radical (unpaired) electrons. The normalized spacial score (nSPS) is 19.4. The van der Waals surface area contributed by atoms with Gasteiger partial charge < -0.3 is 4.74 Å². The van der Waals surface area contributed by atoms with Gasteiger partial charge in [0.2, 0.25) is 0 Å². The van der Waals surface area contributed by atoms with E-state index in [1.165, 1.54) is 0 Å². The summed E-state index contributed by atoms with van der Waals surface area (Å²) in [5, 5.41) is -1.25. The Kier molecular flexibility index (Phi) is 2.82. The van der Waals surface area contributed by atoms with Gasteiger partial charge in [-0.3, -0.25) is 0 Å². The Morgan fingerprint density at radius 3 is 2.69 bits per heavy atom. The van der Waals surface area contributed by atoms with E-state index in [-0.39, 0.29) is 5.41 Å². The van der Waals surface area contributed by atoms with Crippen LogP contribution in [-0.2, 0) is 5.41 Å². The van der Waals surface area contributed by atoms with Crippen molar-refractivity contribution in [1.82, 2.24) is 0 Å². The van der Waals surface area contributed by atoms with E-state index in [0.717, 1.165) is 11.3 Å². The number of benzene rings is 1. The second-order valence-electron chi connectivity index (χ2n) is 4.66. The summed E-state index contributed by atoms with van der Waals surface area (Å²) in [6.07, 6.45) is -2.55. The van der Waals surface area contributed by atoms with Crippen LogP contribution in [0.3, 0.4) is 0 Å². The molecule has 0 N–H and O–H groups in total. The molecule has 0 amide bonds. The Morgan fingerprint density at radius 1 is 1.38 bits per heavy atom. The van der Waals surface area contributed by atoms with Crippen LogP contribution >= 0.6 is 11.6 Å². The summed E-state index contributed by atoms with van der Waals surface area (Å²) < 4.78 is 30.5. The van der Waals surface area contributed by atoms with E-state index in [0.29, 0.717) is 12.2 Å². The largest absolute Gasteiger partial charge is 0.492 e. The zero-order valence-electron chi connectivity index (χ0n) is 9.14. The molecule has 1 nitrogen and oxygen atoms in total. The van der Waals surface area contributed by atoms with E-state index >= 15 is 0 Å². The zero-order valence-corrected chi connectivity index (χ0v) is 9.89. The topological polar surface area (TPSA) is 9.23 Å². The van der Waals surface area contributed by atoms with Gasteiger partial charge in [0.1, 0.15) is 11.1 Å². The molecule has 1 aromatic rings. The van der Waals surface area contributed by atoms with E-state index in [9.17, 15) is 8.78 Å². The third kappa shape index (κ3) is 1.88. The Bertz CT molecular complexity index is 404. The maximum absolute atomic E-state index is 12.5. The van der Waals surface area contributed by atoms with Crippen LogP contribution in [0.1, 0.15) is 30.4 Å². The molecule has 0 fully saturated rings. The average Bonchev–Trinajstić information content (AvgIpc) is 2.53. The summed E-state index contributed by atoms with van der Waals surface area (Å²) in [5.41, 5.74) is 1.27. The van der Waals surface area contributed by atoms with Crippen molar-refractivity contribution in [3.05, 3.63) is 29.3 Å². The van der Waals surface area contributed by atoms with Gasteiger partial charge in [0.25, 0.3) is 6.43 Å². The molecule has 0 bridgehead atoms. The van der Waals surface area contributed by atoms with Crippen LogP contribution in [0.2, 0.25) is 0 Å². The Labute approximate surface area is 98.4 Å². The molecule has 2 rings (SSSR count). The monoisotopic (exact) mass is 246 g/mol. The van der Waals surface area contributed by atoms with Crippen molar-refractivity contribution in [3.63, 3.8) is 0 Å². The van der Waals surface area contributed by atoms with Crippen LogP contribution in [0.15, 0.2) is 18.2 Å². The predicted octanol–water partition coefficient (Wildman–Crippen LogP) is 3.90. The summed E-state index contributed by atoms with van der Waals surface area (Å²) >= 11 is 5.65. The molecule has 1 atom stereocenters. The molecule has 88 valence electrons. The minimum Gasteiger partial charge on any atom is -0.492 e. The van der Waals surface area contributed by atoms with E-state index in [1.54, 1.807) is 18.2 Å². The molecule has 1 unspecified atom stereocenters. The first-order valence-corrected chi connectivity index (χ1v) is 5.55. The summed E-state index contributed by atoms with van der Waals surface area (Å²) in [5.74, 6) is 0.770. The average molecular weight is 247 g/mol. The fourth-order valence-corrected chi connectivity index (χ4v) is 1.99. The molecular formula is C12H13ClF2O. The summed E-state index contributed by atoms with van der Waals surface area (Å²) in [7, 11) is 0. The van der Waals surface area contributed by atoms with E-state index in [1.807, 2.05) is 13.8 Å². The number of rotatable bonds is 2. The maximum atomic E-state index is 12.5. The standard InChI is InChI=1S/C12H13ClF2O/c1-12(2)6-16-9-4-3-7(5-8(9)12)10(13)11(14)15/h3-5,10-11H,6H2,1-2H3. The summed E-state index contributed by atoms with van der Waals surface area (Å²) in [6.45, 7) is 4.62. The minimum absolute atomic E-state index is 0.135. The number of hydrogen-bond acceptors (Lipinski definition) is 1. The van der Waals surface area contributed by atoms with Crippen molar-refractivity contribution < 1.29 is 13.5 Å². The van der Waals surface area contributed by atoms with E-state index < -0.39 is 11.8 Å². The van der Waals surface area contributed by atoms with Crippen LogP contribution in [-0.4, -0.2) is 13.0 Å². The molecule has 0 spiro atoms. The van der Waals surface area contributed by atoms with Crippen molar-refractivity contribution in [1.29, 1.82) is 0 Å². The molecule has 1 aromatic carbocycles. The molecule has 0 saturated carbocycles. The Hall–Kier alpha value is -0.830. The van der Waals surface area contributed by atoms with Gasteiger partial charge in [0.05, 0.1) is 6.61 Å². The lowest BCUT2D eigenvalue weighted by Gasteiger charge is -2.17. The molecule has 16 heavy (non-hydrogen) atoms. The van der Waals surface area contributed by atoms with Crippen molar-refractivity contribution in [2.24, 2.45) is 0 Å². The van der Waals surface area contributed by atoms with Crippen LogP contribution in [0.4, 0.5) is 8.78 Å². The quantitative estimate of drug-likeness (QED) is 0.719. The first-order chi connectivity index (χ1) is 7.42. The lowest BCUT2D eigenvalue weighted by molar-refractivity contribution is 0.143. The van der Waals surface area contributed by atoms with Gasteiger partial charge >= 0.3 is 0 Å². The molecule has 4 heteroatoms. The molecule has 0 aliphatic carbocycles. The molecule has 1 aliphatic heterocycles. The fraction of sp³-hybridized carbons (Fsp3) is 0.500. The van der Waals surface area contributed by atoms with E-state index in [2.05, 4.69) is 0 Å². The molecular weight excluding hydrogens is 234 g/mol. The first-order valence-electron chi connectivity index (χ1n) is 5.11. The van der Waals surface area contributed by atoms with Gasteiger partial charge in [-0.25, -0.2) is 8.78 Å². The van der Waals surface area contributed by atoms with Crippen molar-refractivity contribution in [2.45, 2.75) is 31.1 Å². The second-order valence-corrected chi connectivity index (χ2v) is 5.13. The maximum Gasteiger partial charge on any atom is 0.258 e. The third-order valence-corrected chi connectivity index (χ3v) is 3.30. The highest BCUT2D eigenvalue weighted by molar-refractivity contribution is 6.21. The molecule has 1 aliphatic rings. The highest BCUT2D eigenvalue weighted by Gasteiger charge is 2.33. The fourth-order valence-electron chi connectivity index (χ4n) is 1.86. The second kappa shape index (κ2) is 3.88. The van der Waals surface area contributed by atoms with Gasteiger partial charge in [-0.05, 0) is 17.7 Å². The smallest absolute Gasteiger partial charge is 0.258 e.